The van der Waals surface area contributed by atoms with Crippen molar-refractivity contribution in [3.63, 3.8) is 0 Å². The fraction of sp³-hybridized carbons (Fsp3) is 0.357. The number of hydrogen-bond acceptors (Lipinski definition) is 3. The Kier molecular flexibility index (Phi) is 3.87. The average molecular weight is 246 g/mol. The van der Waals surface area contributed by atoms with Crippen molar-refractivity contribution in [3.8, 4) is 5.75 Å². The van der Waals surface area contributed by atoms with Crippen LogP contribution >= 0.6 is 0 Å². The van der Waals surface area contributed by atoms with Gasteiger partial charge in [-0.2, -0.15) is 0 Å². The van der Waals surface area contributed by atoms with Crippen LogP contribution in [0.3, 0.4) is 0 Å². The summed E-state index contributed by atoms with van der Waals surface area (Å²) < 4.78 is 5.11. The summed E-state index contributed by atoms with van der Waals surface area (Å²) in [5.41, 5.74) is 6.77. The molecular weight excluding hydrogens is 228 g/mol. The van der Waals surface area contributed by atoms with Crippen molar-refractivity contribution in [3.05, 3.63) is 35.9 Å². The summed E-state index contributed by atoms with van der Waals surface area (Å²) >= 11 is 0. The summed E-state index contributed by atoms with van der Waals surface area (Å²) in [7, 11) is 1.54. The molecule has 1 aliphatic carbocycles. The Balaban J connectivity index is 2.11. The number of nitrogens with two attached hydrogens (primary N) is 1. The molecule has 1 aromatic carbocycles. The molecule has 0 saturated carbocycles. The predicted molar refractivity (Wildman–Crippen MR) is 71.7 cm³/mol. The summed E-state index contributed by atoms with van der Waals surface area (Å²) in [6, 6.07) is 5.43. The summed E-state index contributed by atoms with van der Waals surface area (Å²) in [4.78, 5) is 12.1. The molecule has 96 valence electrons. The van der Waals surface area contributed by atoms with Crippen LogP contribution in [0.5, 0.6) is 5.75 Å². The van der Waals surface area contributed by atoms with Crippen molar-refractivity contribution in [2.45, 2.75) is 25.3 Å². The van der Waals surface area contributed by atoms with Crippen molar-refractivity contribution >= 4 is 11.6 Å². The summed E-state index contributed by atoms with van der Waals surface area (Å²) in [5, 5.41) is 3.00. The third-order valence-corrected chi connectivity index (χ3v) is 3.13. The van der Waals surface area contributed by atoms with Crippen LogP contribution in [0.25, 0.3) is 0 Å². The zero-order valence-corrected chi connectivity index (χ0v) is 10.5. The van der Waals surface area contributed by atoms with Crippen molar-refractivity contribution in [1.29, 1.82) is 0 Å². The Hall–Kier alpha value is -1.97. The normalized spacial score (nSPS) is 18.4. The van der Waals surface area contributed by atoms with Gasteiger partial charge in [-0.1, -0.05) is 18.2 Å². The van der Waals surface area contributed by atoms with Crippen molar-refractivity contribution in [1.82, 2.24) is 5.32 Å². The maximum Gasteiger partial charge on any atom is 0.253 e. The molecule has 0 fully saturated rings. The first-order chi connectivity index (χ1) is 8.72. The highest BCUT2D eigenvalue weighted by molar-refractivity contribution is 6.00. The first-order valence-corrected chi connectivity index (χ1v) is 6.10. The number of para-hydroxylation sites is 1. The van der Waals surface area contributed by atoms with Gasteiger partial charge in [0.25, 0.3) is 5.91 Å². The van der Waals surface area contributed by atoms with Crippen LogP contribution in [-0.4, -0.2) is 19.1 Å². The number of amides is 1. The van der Waals surface area contributed by atoms with Gasteiger partial charge in [-0.3, -0.25) is 4.79 Å². The van der Waals surface area contributed by atoms with Crippen LogP contribution in [-0.2, 0) is 0 Å². The maximum absolute atomic E-state index is 12.1. The second kappa shape index (κ2) is 5.58. The van der Waals surface area contributed by atoms with Crippen molar-refractivity contribution in [2.75, 3.05) is 12.8 Å². The molecule has 1 unspecified atom stereocenters. The Morgan fingerprint density at radius 1 is 1.44 bits per heavy atom. The number of allylic oxidation sites excluding steroid dienone is 1. The fourth-order valence-electron chi connectivity index (χ4n) is 2.11. The molecule has 4 nitrogen and oxygen atoms in total. The first kappa shape index (κ1) is 12.5. The van der Waals surface area contributed by atoms with Crippen LogP contribution in [0.4, 0.5) is 5.69 Å². The minimum Gasteiger partial charge on any atom is -0.495 e. The number of nitrogens with one attached hydrogen (secondary N) is 1. The lowest BCUT2D eigenvalue weighted by Crippen LogP contribution is -2.35. The molecule has 3 N–H and O–H groups in total. The van der Waals surface area contributed by atoms with E-state index in [2.05, 4.69) is 17.5 Å². The monoisotopic (exact) mass is 246 g/mol. The molecule has 0 bridgehead atoms. The molecular formula is C14H18N2O2. The van der Waals surface area contributed by atoms with E-state index >= 15 is 0 Å². The van der Waals surface area contributed by atoms with E-state index < -0.39 is 0 Å². The molecule has 0 heterocycles. The van der Waals surface area contributed by atoms with E-state index in [1.807, 2.05) is 0 Å². The van der Waals surface area contributed by atoms with Crippen molar-refractivity contribution in [2.24, 2.45) is 0 Å². The van der Waals surface area contributed by atoms with Crippen molar-refractivity contribution < 1.29 is 9.53 Å². The molecule has 0 aromatic heterocycles. The standard InChI is InChI=1S/C14H18N2O2/c1-18-12-9-5-8-11(13(12)15)14(17)16-10-6-3-2-4-7-10/h2-3,5,8-10H,4,6-7,15H2,1H3,(H,16,17). The van der Waals surface area contributed by atoms with E-state index in [-0.39, 0.29) is 11.9 Å². The zero-order chi connectivity index (χ0) is 13.0. The van der Waals surface area contributed by atoms with Crippen LogP contribution in [0.1, 0.15) is 29.6 Å². The number of ether oxygens (including phenoxy) is 1. The van der Waals surface area contributed by atoms with E-state index in [4.69, 9.17) is 10.5 Å². The summed E-state index contributed by atoms with van der Waals surface area (Å²) in [5.74, 6) is 0.401. The summed E-state index contributed by atoms with van der Waals surface area (Å²) in [6.07, 6.45) is 7.12. The van der Waals surface area contributed by atoms with Gasteiger partial charge in [-0.15, -0.1) is 0 Å². The van der Waals surface area contributed by atoms with Gasteiger partial charge in [0.05, 0.1) is 18.4 Å². The maximum atomic E-state index is 12.1. The van der Waals surface area contributed by atoms with E-state index in [9.17, 15) is 4.79 Å². The van der Waals surface area contributed by atoms with Crippen LogP contribution < -0.4 is 15.8 Å². The largest absolute Gasteiger partial charge is 0.495 e. The molecule has 0 aliphatic heterocycles. The van der Waals surface area contributed by atoms with E-state index in [1.165, 1.54) is 0 Å². The molecule has 2 rings (SSSR count). The number of benzene rings is 1. The van der Waals surface area contributed by atoms with Gasteiger partial charge in [0.2, 0.25) is 0 Å². The molecule has 0 radical (unpaired) electrons. The number of anilines is 1. The summed E-state index contributed by atoms with van der Waals surface area (Å²) in [6.45, 7) is 0. The molecule has 1 aliphatic rings. The number of methoxy groups -OCH3 is 1. The molecule has 1 amide bonds. The van der Waals surface area contributed by atoms with E-state index in [0.717, 1.165) is 19.3 Å². The smallest absolute Gasteiger partial charge is 0.253 e. The van der Waals surface area contributed by atoms with Gasteiger partial charge >= 0.3 is 0 Å². The number of hydrogen-bond donors (Lipinski definition) is 2. The lowest BCUT2D eigenvalue weighted by Gasteiger charge is -2.20. The molecule has 0 spiro atoms. The lowest BCUT2D eigenvalue weighted by molar-refractivity contribution is 0.0935. The quantitative estimate of drug-likeness (QED) is 0.634. The Bertz CT molecular complexity index is 469. The van der Waals surface area contributed by atoms with Gasteiger partial charge in [0, 0.05) is 6.04 Å². The molecule has 1 atom stereocenters. The number of rotatable bonds is 3. The SMILES string of the molecule is COc1cccc(C(=O)NC2CC=CCC2)c1N. The average Bonchev–Trinajstić information content (AvgIpc) is 2.40. The Morgan fingerprint density at radius 2 is 2.28 bits per heavy atom. The predicted octanol–water partition coefficient (Wildman–Crippen LogP) is 2.12. The second-order valence-electron chi connectivity index (χ2n) is 4.38. The van der Waals surface area contributed by atoms with Gasteiger partial charge in [0.1, 0.15) is 5.75 Å². The molecule has 1 aromatic rings. The van der Waals surface area contributed by atoms with Gasteiger partial charge in [-0.05, 0) is 31.4 Å². The zero-order valence-electron chi connectivity index (χ0n) is 10.5. The highest BCUT2D eigenvalue weighted by Gasteiger charge is 2.17. The van der Waals surface area contributed by atoms with Crippen LogP contribution in [0.2, 0.25) is 0 Å². The van der Waals surface area contributed by atoms with E-state index in [1.54, 1.807) is 25.3 Å². The second-order valence-corrected chi connectivity index (χ2v) is 4.38. The number of nitrogen functional groups attached to an aromatic ring is 1. The molecule has 0 saturated heterocycles. The minimum absolute atomic E-state index is 0.133. The Morgan fingerprint density at radius 3 is 2.94 bits per heavy atom. The minimum atomic E-state index is -0.133. The third-order valence-electron chi connectivity index (χ3n) is 3.13. The number of carbonyl (C=O) groups excluding carboxylic acids is 1. The first-order valence-electron chi connectivity index (χ1n) is 6.10. The van der Waals surface area contributed by atoms with E-state index in [0.29, 0.717) is 17.0 Å². The topological polar surface area (TPSA) is 64.3 Å². The Labute approximate surface area is 107 Å². The highest BCUT2D eigenvalue weighted by Crippen LogP contribution is 2.25. The van der Waals surface area contributed by atoms with Gasteiger partial charge in [-0.25, -0.2) is 0 Å². The molecule has 18 heavy (non-hydrogen) atoms. The number of carbonyl (C=O) groups is 1. The van der Waals surface area contributed by atoms with Crippen LogP contribution in [0, 0.1) is 0 Å². The highest BCUT2D eigenvalue weighted by atomic mass is 16.5. The van der Waals surface area contributed by atoms with Gasteiger partial charge in [0.15, 0.2) is 0 Å². The fourth-order valence-corrected chi connectivity index (χ4v) is 2.11. The lowest BCUT2D eigenvalue weighted by atomic mass is 10.0. The van der Waals surface area contributed by atoms with Crippen LogP contribution in [0.15, 0.2) is 30.4 Å². The van der Waals surface area contributed by atoms with Gasteiger partial charge < -0.3 is 15.8 Å². The molecule has 4 heteroatoms. The third kappa shape index (κ3) is 2.64.